The van der Waals surface area contributed by atoms with E-state index in [1.54, 1.807) is 0 Å². The van der Waals surface area contributed by atoms with E-state index in [0.717, 1.165) is 43.9 Å². The van der Waals surface area contributed by atoms with Gasteiger partial charge in [0, 0.05) is 25.3 Å². The largest absolute Gasteiger partial charge is 0.311 e. The van der Waals surface area contributed by atoms with E-state index in [2.05, 4.69) is 23.1 Å². The van der Waals surface area contributed by atoms with Crippen LogP contribution < -0.4 is 4.90 Å². The number of nitrogens with zero attached hydrogens (tertiary/aromatic N) is 2. The molecule has 3 nitrogen and oxygen atoms in total. The summed E-state index contributed by atoms with van der Waals surface area (Å²) in [4.78, 5) is 17.8. The molecule has 26 heavy (non-hydrogen) atoms. The topological polar surface area (TPSA) is 23.6 Å². The van der Waals surface area contributed by atoms with Gasteiger partial charge in [0.2, 0.25) is 5.91 Å². The summed E-state index contributed by atoms with van der Waals surface area (Å²) in [5.74, 6) is 0.758. The molecule has 1 saturated heterocycles. The molecule has 3 aliphatic rings. The van der Waals surface area contributed by atoms with E-state index in [1.807, 2.05) is 23.1 Å². The minimum atomic E-state index is -0.397. The molecule has 0 aromatic heterocycles. The standard InChI is InChI=1S/C22H23FN2O/c23-18-9-7-16(8-10-18)13-24-12-11-22(15-24)19-3-1-2-4-20(19)25(21(22)26)14-17-5-6-17/h1-4,7-10,17H,5-6,11-15H2/t22-/m1/s1. The first kappa shape index (κ1) is 16.0. The van der Waals surface area contributed by atoms with Gasteiger partial charge in [-0.1, -0.05) is 30.3 Å². The minimum Gasteiger partial charge on any atom is -0.311 e. The van der Waals surface area contributed by atoms with Gasteiger partial charge in [0.15, 0.2) is 0 Å². The van der Waals surface area contributed by atoms with E-state index >= 15 is 0 Å². The monoisotopic (exact) mass is 350 g/mol. The Morgan fingerprint density at radius 1 is 1.08 bits per heavy atom. The van der Waals surface area contributed by atoms with Gasteiger partial charge < -0.3 is 4.90 Å². The van der Waals surface area contributed by atoms with Crippen molar-refractivity contribution in [2.24, 2.45) is 5.92 Å². The van der Waals surface area contributed by atoms with Crippen LogP contribution in [0.3, 0.4) is 0 Å². The van der Waals surface area contributed by atoms with Crippen LogP contribution in [0.5, 0.6) is 0 Å². The molecule has 0 unspecified atom stereocenters. The third-order valence-electron chi connectivity index (χ3n) is 6.17. The number of fused-ring (bicyclic) bond motifs is 2. The number of likely N-dealkylation sites (tertiary alicyclic amines) is 1. The molecule has 2 aromatic rings. The van der Waals surface area contributed by atoms with Gasteiger partial charge in [0.05, 0.1) is 5.41 Å². The average Bonchev–Trinajstić information content (AvgIpc) is 3.34. The van der Waals surface area contributed by atoms with Crippen molar-refractivity contribution in [1.82, 2.24) is 4.90 Å². The maximum atomic E-state index is 13.4. The lowest BCUT2D eigenvalue weighted by molar-refractivity contribution is -0.122. The van der Waals surface area contributed by atoms with Crippen molar-refractivity contribution in [1.29, 1.82) is 0 Å². The third-order valence-corrected chi connectivity index (χ3v) is 6.17. The lowest BCUT2D eigenvalue weighted by Gasteiger charge is -2.25. The molecular formula is C22H23FN2O. The van der Waals surface area contributed by atoms with Crippen molar-refractivity contribution < 1.29 is 9.18 Å². The Morgan fingerprint density at radius 2 is 1.85 bits per heavy atom. The summed E-state index contributed by atoms with van der Waals surface area (Å²) in [6.45, 7) is 3.28. The molecule has 1 amide bonds. The average molecular weight is 350 g/mol. The Morgan fingerprint density at radius 3 is 2.62 bits per heavy atom. The lowest BCUT2D eigenvalue weighted by Crippen LogP contribution is -2.43. The number of hydrogen-bond donors (Lipinski definition) is 0. The fourth-order valence-electron chi connectivity index (χ4n) is 4.60. The smallest absolute Gasteiger partial charge is 0.239 e. The molecule has 2 heterocycles. The normalized spacial score (nSPS) is 25.3. The lowest BCUT2D eigenvalue weighted by atomic mass is 9.81. The molecule has 2 aromatic carbocycles. The van der Waals surface area contributed by atoms with Gasteiger partial charge >= 0.3 is 0 Å². The van der Waals surface area contributed by atoms with Gasteiger partial charge in [-0.25, -0.2) is 4.39 Å². The second-order valence-corrected chi connectivity index (χ2v) is 8.05. The fraction of sp³-hybridized carbons (Fsp3) is 0.409. The van der Waals surface area contributed by atoms with E-state index in [-0.39, 0.29) is 11.7 Å². The summed E-state index contributed by atoms with van der Waals surface area (Å²) in [5.41, 5.74) is 3.02. The number of anilines is 1. The molecule has 5 rings (SSSR count). The van der Waals surface area contributed by atoms with Gasteiger partial charge in [-0.2, -0.15) is 0 Å². The number of hydrogen-bond acceptors (Lipinski definition) is 2. The molecule has 2 fully saturated rings. The summed E-state index contributed by atoms with van der Waals surface area (Å²) in [6, 6.07) is 15.0. The molecule has 134 valence electrons. The highest BCUT2D eigenvalue weighted by atomic mass is 19.1. The maximum Gasteiger partial charge on any atom is 0.239 e. The van der Waals surface area contributed by atoms with Crippen molar-refractivity contribution in [2.45, 2.75) is 31.2 Å². The zero-order valence-corrected chi connectivity index (χ0v) is 14.8. The summed E-state index contributed by atoms with van der Waals surface area (Å²) < 4.78 is 13.1. The quantitative estimate of drug-likeness (QED) is 0.839. The number of carbonyl (C=O) groups excluding carboxylic acids is 1. The van der Waals surface area contributed by atoms with Crippen LogP contribution in [0, 0.1) is 11.7 Å². The highest BCUT2D eigenvalue weighted by Crippen LogP contribution is 2.48. The second kappa shape index (κ2) is 5.92. The fourth-order valence-corrected chi connectivity index (χ4v) is 4.60. The Kier molecular flexibility index (Phi) is 3.64. The number of benzene rings is 2. The first-order chi connectivity index (χ1) is 12.7. The van der Waals surface area contributed by atoms with Crippen LogP contribution in [0.1, 0.15) is 30.4 Å². The number of carbonyl (C=O) groups is 1. The third kappa shape index (κ3) is 2.55. The van der Waals surface area contributed by atoms with Crippen molar-refractivity contribution in [2.75, 3.05) is 24.5 Å². The number of rotatable bonds is 4. The molecule has 2 aliphatic heterocycles. The Balaban J connectivity index is 1.41. The summed E-state index contributed by atoms with van der Waals surface area (Å²) in [5, 5.41) is 0. The predicted molar refractivity (Wildman–Crippen MR) is 99.5 cm³/mol. The Labute approximate surface area is 153 Å². The van der Waals surface area contributed by atoms with Crippen molar-refractivity contribution in [3.63, 3.8) is 0 Å². The van der Waals surface area contributed by atoms with Crippen LogP contribution in [-0.2, 0) is 16.8 Å². The van der Waals surface area contributed by atoms with Gasteiger partial charge in [0.25, 0.3) is 0 Å². The molecule has 1 spiro atoms. The van der Waals surface area contributed by atoms with Gasteiger partial charge in [-0.3, -0.25) is 9.69 Å². The molecule has 1 aliphatic carbocycles. The van der Waals surface area contributed by atoms with Gasteiger partial charge in [0.1, 0.15) is 5.82 Å². The van der Waals surface area contributed by atoms with Crippen LogP contribution in [0.2, 0.25) is 0 Å². The summed E-state index contributed by atoms with van der Waals surface area (Å²) >= 11 is 0. The highest BCUT2D eigenvalue weighted by Gasteiger charge is 2.54. The first-order valence-electron chi connectivity index (χ1n) is 9.54. The van der Waals surface area contributed by atoms with E-state index in [4.69, 9.17) is 0 Å². The molecule has 0 bridgehead atoms. The molecule has 0 radical (unpaired) electrons. The SMILES string of the molecule is O=C1N(CC2CC2)c2ccccc2[C@]12CCN(Cc1ccc(F)cc1)C2. The Hall–Kier alpha value is -2.20. The number of para-hydroxylation sites is 1. The van der Waals surface area contributed by atoms with Crippen molar-refractivity contribution in [3.8, 4) is 0 Å². The predicted octanol–water partition coefficient (Wildman–Crippen LogP) is 3.73. The Bertz CT molecular complexity index is 845. The number of halogens is 1. The first-order valence-corrected chi connectivity index (χ1v) is 9.54. The maximum absolute atomic E-state index is 13.4. The van der Waals surface area contributed by atoms with E-state index in [1.165, 1.54) is 30.5 Å². The van der Waals surface area contributed by atoms with Crippen LogP contribution in [-0.4, -0.2) is 30.4 Å². The summed E-state index contributed by atoms with van der Waals surface area (Å²) in [7, 11) is 0. The molecule has 1 saturated carbocycles. The van der Waals surface area contributed by atoms with Crippen LogP contribution in [0.25, 0.3) is 0 Å². The molecule has 4 heteroatoms. The van der Waals surface area contributed by atoms with Gasteiger partial charge in [-0.15, -0.1) is 0 Å². The van der Waals surface area contributed by atoms with E-state index in [9.17, 15) is 9.18 Å². The molecular weight excluding hydrogens is 327 g/mol. The minimum absolute atomic E-state index is 0.206. The van der Waals surface area contributed by atoms with Crippen molar-refractivity contribution >= 4 is 11.6 Å². The van der Waals surface area contributed by atoms with Crippen LogP contribution in [0.4, 0.5) is 10.1 Å². The molecule has 0 N–H and O–H groups in total. The highest BCUT2D eigenvalue weighted by molar-refractivity contribution is 6.08. The van der Waals surface area contributed by atoms with Crippen LogP contribution >= 0.6 is 0 Å². The molecule has 1 atom stereocenters. The summed E-state index contributed by atoms with van der Waals surface area (Å²) in [6.07, 6.45) is 3.36. The number of amides is 1. The second-order valence-electron chi connectivity index (χ2n) is 8.05. The van der Waals surface area contributed by atoms with Crippen molar-refractivity contribution in [3.05, 3.63) is 65.5 Å². The van der Waals surface area contributed by atoms with Crippen LogP contribution in [0.15, 0.2) is 48.5 Å². The van der Waals surface area contributed by atoms with E-state index < -0.39 is 5.41 Å². The van der Waals surface area contributed by atoms with E-state index in [0.29, 0.717) is 5.92 Å². The van der Waals surface area contributed by atoms with Gasteiger partial charge in [-0.05, 0) is 61.1 Å². The zero-order valence-electron chi connectivity index (χ0n) is 14.8. The zero-order chi connectivity index (χ0) is 17.7.